The molecule has 0 fully saturated rings. The van der Waals surface area contributed by atoms with Crippen LogP contribution < -0.4 is 28.4 Å². The van der Waals surface area contributed by atoms with Gasteiger partial charge in [-0.3, -0.25) is 0 Å². The predicted molar refractivity (Wildman–Crippen MR) is 306 cm³/mol. The number of hydrogen-bond donors (Lipinski definition) is 0. The molecule has 0 amide bonds. The van der Waals surface area contributed by atoms with Crippen molar-refractivity contribution in [2.45, 2.75) is 154 Å². The molecule has 0 saturated carbocycles. The number of nitrogens with zero attached hydrogens (tertiary/aromatic N) is 1. The summed E-state index contributed by atoms with van der Waals surface area (Å²) in [5.74, 6) is -0.881. The van der Waals surface area contributed by atoms with Gasteiger partial charge in [0.1, 0.15) is 34.8 Å². The van der Waals surface area contributed by atoms with Gasteiger partial charge in [0.05, 0.1) is 41.0 Å². The third-order valence-electron chi connectivity index (χ3n) is 12.8. The summed E-state index contributed by atoms with van der Waals surface area (Å²) in [5, 5.41) is 9.71. The minimum atomic E-state index is -1.10. The van der Waals surface area contributed by atoms with E-state index in [2.05, 4.69) is 52.8 Å². The minimum Gasteiger partial charge on any atom is -0.494 e. The fraction of sp³-hybridized carbons (Fsp3) is 0.426. The van der Waals surface area contributed by atoms with E-state index in [0.717, 1.165) is 32.1 Å². The van der Waals surface area contributed by atoms with Crippen LogP contribution in [0.2, 0.25) is 63.2 Å². The summed E-state index contributed by atoms with van der Waals surface area (Å²) in [6.45, 7) is 21.6. The number of unbranched alkanes of at least 4 members (excludes halogenated alkanes) is 11. The van der Waals surface area contributed by atoms with E-state index in [9.17, 15) is 24.4 Å². The molecule has 11 nitrogen and oxygen atoms in total. The van der Waals surface area contributed by atoms with Crippen molar-refractivity contribution in [3.8, 4) is 40.6 Å². The van der Waals surface area contributed by atoms with Crippen LogP contribution in [-0.4, -0.2) is 61.3 Å². The van der Waals surface area contributed by atoms with E-state index in [0.29, 0.717) is 36.0 Å². The zero-order valence-corrected chi connectivity index (χ0v) is 48.7. The first-order chi connectivity index (χ1) is 35.8. The molecule has 0 atom stereocenters. The maximum absolute atomic E-state index is 13.1. The second kappa shape index (κ2) is 29.7. The molecule has 0 heterocycles. The second-order valence-electron chi connectivity index (χ2n) is 22.4. The summed E-state index contributed by atoms with van der Waals surface area (Å²) in [7, 11) is -3.15. The zero-order chi connectivity index (χ0) is 54.3. The van der Waals surface area contributed by atoms with Crippen LogP contribution in [0.4, 0.5) is 0 Å². The van der Waals surface area contributed by atoms with Crippen LogP contribution in [0.25, 0.3) is 0 Å². The van der Waals surface area contributed by atoms with Crippen LogP contribution in [0.15, 0.2) is 115 Å². The lowest BCUT2D eigenvalue weighted by Gasteiger charge is -2.36. The molecule has 0 radical (unpaired) electrons. The van der Waals surface area contributed by atoms with Gasteiger partial charge in [-0.05, 0) is 122 Å². The van der Waals surface area contributed by atoms with Gasteiger partial charge in [0.25, 0.3) is 0 Å². The number of rotatable bonds is 31. The number of ether oxygens (including phenoxy) is 6. The number of esters is 4. The monoisotopic (exact) mass is 1070 g/mol. The molecular formula is C61H79NO10Si3. The van der Waals surface area contributed by atoms with E-state index in [-0.39, 0.29) is 39.5 Å². The smallest absolute Gasteiger partial charge is 0.343 e. The minimum absolute atomic E-state index is 0.0185. The van der Waals surface area contributed by atoms with Crippen molar-refractivity contribution in [3.63, 3.8) is 0 Å². The van der Waals surface area contributed by atoms with Gasteiger partial charge in [0, 0.05) is 30.3 Å². The lowest BCUT2D eigenvalue weighted by Crippen LogP contribution is -2.44. The maximum atomic E-state index is 13.1. The topological polar surface area (TPSA) is 147 Å². The first-order valence-electron chi connectivity index (χ1n) is 26.9. The average Bonchev–Trinajstić information content (AvgIpc) is 3.36. The largest absolute Gasteiger partial charge is 0.494 e. The van der Waals surface area contributed by atoms with Gasteiger partial charge in [0.2, 0.25) is 0 Å². The molecule has 5 rings (SSSR count). The Hall–Kier alpha value is -6.28. The number of nitriles is 1. The highest BCUT2D eigenvalue weighted by Gasteiger charge is 2.35. The fourth-order valence-corrected chi connectivity index (χ4v) is 35.2. The predicted octanol–water partition coefficient (Wildman–Crippen LogP) is 16.1. The van der Waals surface area contributed by atoms with E-state index in [1.165, 1.54) is 124 Å². The molecular weight excluding hydrogens is 991 g/mol. The molecule has 14 heteroatoms. The molecule has 400 valence electrons. The Bertz CT molecular complexity index is 2640. The highest BCUT2D eigenvalue weighted by Crippen LogP contribution is 2.32. The average molecular weight is 1070 g/mol. The van der Waals surface area contributed by atoms with Crippen LogP contribution in [0.5, 0.6) is 34.5 Å². The Morgan fingerprint density at radius 1 is 0.413 bits per heavy atom. The molecule has 0 aliphatic carbocycles. The standard InChI is InChI=1S/C61H79NO10Si3/c1-9-10-11-19-40-68-53-36-38-55(39-37-53)70-58(63)47-22-24-48(25-23-47)61(66)72-57-43-56(35-30-51(57)44-62)71-60(65)50-28-33-54(34-29-50)69-59(64)49-26-31-52(32-27-49)67-41-20-17-15-13-12-14-16-18-21-42-74(5,6)46-75(7,8)45-73(2,3)4/h22-39,43H,9-21,40-42,45-46H2,1-8H3. The summed E-state index contributed by atoms with van der Waals surface area (Å²) < 4.78 is 33.8. The Morgan fingerprint density at radius 3 is 1.23 bits per heavy atom. The molecule has 0 aromatic heterocycles. The van der Waals surface area contributed by atoms with E-state index >= 15 is 0 Å². The zero-order valence-electron chi connectivity index (χ0n) is 45.7. The van der Waals surface area contributed by atoms with Crippen molar-refractivity contribution in [2.75, 3.05) is 13.2 Å². The lowest BCUT2D eigenvalue weighted by molar-refractivity contribution is 0.0716. The lowest BCUT2D eigenvalue weighted by atomic mass is 10.1. The van der Waals surface area contributed by atoms with Crippen molar-refractivity contribution in [1.29, 1.82) is 5.26 Å². The Labute approximate surface area is 449 Å². The van der Waals surface area contributed by atoms with Gasteiger partial charge in [-0.15, -0.1) is 0 Å². The summed E-state index contributed by atoms with van der Waals surface area (Å²) in [4.78, 5) is 52.0. The van der Waals surface area contributed by atoms with E-state index in [1.807, 2.05) is 6.07 Å². The second-order valence-corrected chi connectivity index (χ2v) is 39.5. The normalized spacial score (nSPS) is 11.6. The van der Waals surface area contributed by atoms with Gasteiger partial charge in [-0.25, -0.2) is 19.2 Å². The summed E-state index contributed by atoms with van der Waals surface area (Å²) in [6.07, 6.45) is 15.8. The Balaban J connectivity index is 0.974. The Morgan fingerprint density at radius 2 is 0.773 bits per heavy atom. The van der Waals surface area contributed by atoms with Crippen LogP contribution in [0.1, 0.15) is 137 Å². The van der Waals surface area contributed by atoms with Crippen LogP contribution in [0, 0.1) is 11.3 Å². The molecule has 0 N–H and O–H groups in total. The Kier molecular flexibility index (Phi) is 23.6. The summed E-state index contributed by atoms with van der Waals surface area (Å²) >= 11 is 0. The molecule has 0 saturated heterocycles. The quantitative estimate of drug-likeness (QED) is 0.0181. The van der Waals surface area contributed by atoms with Crippen LogP contribution >= 0.6 is 0 Å². The third kappa shape index (κ3) is 21.8. The molecule has 75 heavy (non-hydrogen) atoms. The highest BCUT2D eigenvalue weighted by atomic mass is 28.4. The summed E-state index contributed by atoms with van der Waals surface area (Å²) in [5.41, 5.74) is 4.01. The van der Waals surface area contributed by atoms with E-state index in [1.54, 1.807) is 59.9 Å². The molecule has 0 spiro atoms. The van der Waals surface area contributed by atoms with Crippen molar-refractivity contribution >= 4 is 48.1 Å². The highest BCUT2D eigenvalue weighted by molar-refractivity contribution is 7.02. The molecule has 0 aliphatic rings. The number of benzene rings is 5. The molecule has 0 aliphatic heterocycles. The third-order valence-corrected chi connectivity index (χ3v) is 30.2. The molecule has 5 aromatic carbocycles. The fourth-order valence-electron chi connectivity index (χ4n) is 9.83. The SMILES string of the molecule is CCCCCCOc1ccc(OC(=O)c2ccc(C(=O)Oc3cc(OC(=O)c4ccc(OC(=O)c5ccc(OCCCCCCCCCCC[Si](C)(C)C[Si](C)(C)C[Si](C)(C)C)cc5)cc4)ccc3C#N)cc2)cc1. The molecule has 5 aromatic rings. The van der Waals surface area contributed by atoms with Crippen molar-refractivity contribution in [3.05, 3.63) is 143 Å². The number of carbonyl (C=O) groups excluding carboxylic acids is 4. The van der Waals surface area contributed by atoms with Gasteiger partial charge < -0.3 is 28.4 Å². The van der Waals surface area contributed by atoms with Crippen molar-refractivity contribution < 1.29 is 47.6 Å². The van der Waals surface area contributed by atoms with Gasteiger partial charge in [0.15, 0.2) is 5.75 Å². The van der Waals surface area contributed by atoms with Crippen LogP contribution in [-0.2, 0) is 0 Å². The molecule has 0 unspecified atom stereocenters. The van der Waals surface area contributed by atoms with E-state index in [4.69, 9.17) is 28.4 Å². The van der Waals surface area contributed by atoms with Gasteiger partial charge >= 0.3 is 23.9 Å². The maximum Gasteiger partial charge on any atom is 0.343 e. The number of hydrogen-bond acceptors (Lipinski definition) is 11. The van der Waals surface area contributed by atoms with Crippen molar-refractivity contribution in [1.82, 2.24) is 0 Å². The molecule has 0 bridgehead atoms. The first-order valence-corrected chi connectivity index (χ1v) is 37.4. The van der Waals surface area contributed by atoms with Crippen molar-refractivity contribution in [2.24, 2.45) is 0 Å². The van der Waals surface area contributed by atoms with Gasteiger partial charge in [-0.1, -0.05) is 141 Å². The van der Waals surface area contributed by atoms with Gasteiger partial charge in [-0.2, -0.15) is 5.26 Å². The van der Waals surface area contributed by atoms with E-state index < -0.39 is 48.1 Å². The first kappa shape index (κ1) is 59.6. The number of carbonyl (C=O) groups is 4. The summed E-state index contributed by atoms with van der Waals surface area (Å²) in [6, 6.07) is 32.7. The van der Waals surface area contributed by atoms with Crippen LogP contribution in [0.3, 0.4) is 0 Å².